The number of nitrogens with zero attached hydrogens (tertiary/aromatic N) is 2. The third-order valence-electron chi connectivity index (χ3n) is 5.02. The summed E-state index contributed by atoms with van der Waals surface area (Å²) in [6, 6.07) is 12.3. The Kier molecular flexibility index (Phi) is 3.96. The van der Waals surface area contributed by atoms with Gasteiger partial charge in [-0.2, -0.15) is 0 Å². The second kappa shape index (κ2) is 6.15. The molecule has 0 N–H and O–H groups in total. The summed E-state index contributed by atoms with van der Waals surface area (Å²) in [5.41, 5.74) is 3.72. The Morgan fingerprint density at radius 3 is 2.68 bits per heavy atom. The van der Waals surface area contributed by atoms with Gasteiger partial charge in [-0.1, -0.05) is 0 Å². The fourth-order valence-electron chi connectivity index (χ4n) is 3.57. The van der Waals surface area contributed by atoms with Crippen LogP contribution in [-0.2, 0) is 13.5 Å². The summed E-state index contributed by atoms with van der Waals surface area (Å²) >= 11 is 1.77. The number of halogens is 1. The molecule has 0 unspecified atom stereocenters. The number of carbonyl (C=O) groups is 1. The van der Waals surface area contributed by atoms with Crippen molar-refractivity contribution in [3.63, 3.8) is 0 Å². The lowest BCUT2D eigenvalue weighted by molar-refractivity contribution is 0.0669. The smallest absolute Gasteiger partial charge is 0.270 e. The maximum absolute atomic E-state index is 13.2. The molecule has 2 aromatic heterocycles. The molecule has 5 heteroatoms. The molecule has 0 radical (unpaired) electrons. The van der Waals surface area contributed by atoms with Crippen LogP contribution in [0.3, 0.4) is 0 Å². The van der Waals surface area contributed by atoms with Crippen molar-refractivity contribution in [1.29, 1.82) is 0 Å². The van der Waals surface area contributed by atoms with Crippen LogP contribution in [0, 0.1) is 5.82 Å². The number of carbonyl (C=O) groups excluding carboxylic acids is 1. The minimum absolute atomic E-state index is 0.0419. The van der Waals surface area contributed by atoms with Gasteiger partial charge in [0.25, 0.3) is 5.91 Å². The molecule has 1 amide bonds. The largest absolute Gasteiger partial charge is 0.340 e. The zero-order valence-corrected chi connectivity index (χ0v) is 15.0. The SMILES string of the molecule is C[C@@H]1c2ccsc2CCN1C(=O)c1ccc(-c2ccc(F)cc2)n1C. The number of thiophene rings is 1. The lowest BCUT2D eigenvalue weighted by atomic mass is 10.0. The number of hydrogen-bond acceptors (Lipinski definition) is 2. The molecule has 1 aromatic carbocycles. The van der Waals surface area contributed by atoms with Gasteiger partial charge in [-0.3, -0.25) is 4.79 Å². The highest BCUT2D eigenvalue weighted by atomic mass is 32.1. The number of amides is 1. The molecule has 0 spiro atoms. The van der Waals surface area contributed by atoms with Gasteiger partial charge in [0.1, 0.15) is 11.5 Å². The average molecular weight is 354 g/mol. The maximum Gasteiger partial charge on any atom is 0.270 e. The van der Waals surface area contributed by atoms with Crippen molar-refractivity contribution in [2.75, 3.05) is 6.54 Å². The van der Waals surface area contributed by atoms with Crippen LogP contribution in [0.1, 0.15) is 33.9 Å². The molecule has 1 aliphatic rings. The average Bonchev–Trinajstić information content (AvgIpc) is 3.23. The summed E-state index contributed by atoms with van der Waals surface area (Å²) in [4.78, 5) is 16.4. The number of fused-ring (bicyclic) bond motifs is 1. The summed E-state index contributed by atoms with van der Waals surface area (Å²) in [5.74, 6) is -0.219. The number of aromatic nitrogens is 1. The van der Waals surface area contributed by atoms with Gasteiger partial charge in [-0.05, 0) is 72.3 Å². The standard InChI is InChI=1S/C20H19FN2OS/c1-13-16-10-12-25-19(16)9-11-23(13)20(24)18-8-7-17(22(18)2)14-3-5-15(21)6-4-14/h3-8,10,12-13H,9,11H2,1-2H3/t13-/m1/s1. The Labute approximate surface area is 150 Å². The van der Waals surface area contributed by atoms with Crippen LogP contribution in [0.4, 0.5) is 4.39 Å². The predicted molar refractivity (Wildman–Crippen MR) is 98.3 cm³/mol. The Bertz CT molecular complexity index is 926. The zero-order valence-electron chi connectivity index (χ0n) is 14.2. The molecule has 3 aromatic rings. The molecule has 0 fully saturated rings. The van der Waals surface area contributed by atoms with Gasteiger partial charge in [0.2, 0.25) is 0 Å². The molecular weight excluding hydrogens is 335 g/mol. The van der Waals surface area contributed by atoms with E-state index in [4.69, 9.17) is 0 Å². The Balaban J connectivity index is 1.65. The highest BCUT2D eigenvalue weighted by Crippen LogP contribution is 2.34. The zero-order chi connectivity index (χ0) is 17.6. The van der Waals surface area contributed by atoms with Crippen LogP contribution in [0.15, 0.2) is 47.8 Å². The summed E-state index contributed by atoms with van der Waals surface area (Å²) < 4.78 is 15.0. The van der Waals surface area contributed by atoms with Crippen molar-refractivity contribution < 1.29 is 9.18 Å². The molecule has 0 aliphatic carbocycles. The minimum Gasteiger partial charge on any atom is -0.340 e. The fraction of sp³-hybridized carbons (Fsp3) is 0.250. The molecule has 1 aliphatic heterocycles. The van der Waals surface area contributed by atoms with E-state index in [1.54, 1.807) is 23.5 Å². The van der Waals surface area contributed by atoms with E-state index in [1.165, 1.54) is 22.6 Å². The van der Waals surface area contributed by atoms with Crippen LogP contribution in [-0.4, -0.2) is 21.9 Å². The van der Waals surface area contributed by atoms with Crippen molar-refractivity contribution in [3.05, 3.63) is 69.8 Å². The van der Waals surface area contributed by atoms with Gasteiger partial charge in [-0.15, -0.1) is 11.3 Å². The first kappa shape index (κ1) is 16.1. The Morgan fingerprint density at radius 2 is 1.92 bits per heavy atom. The molecule has 3 nitrogen and oxygen atoms in total. The third-order valence-corrected chi connectivity index (χ3v) is 6.02. The van der Waals surface area contributed by atoms with Crippen LogP contribution in [0.5, 0.6) is 0 Å². The molecule has 128 valence electrons. The van der Waals surface area contributed by atoms with E-state index in [0.717, 1.165) is 24.2 Å². The van der Waals surface area contributed by atoms with E-state index >= 15 is 0 Å². The van der Waals surface area contributed by atoms with Crippen molar-refractivity contribution >= 4 is 17.2 Å². The molecule has 0 saturated heterocycles. The van der Waals surface area contributed by atoms with Crippen molar-refractivity contribution in [2.45, 2.75) is 19.4 Å². The van der Waals surface area contributed by atoms with E-state index in [2.05, 4.69) is 18.4 Å². The van der Waals surface area contributed by atoms with Crippen LogP contribution in [0.2, 0.25) is 0 Å². The normalized spacial score (nSPS) is 16.8. The van der Waals surface area contributed by atoms with Crippen molar-refractivity contribution in [2.24, 2.45) is 7.05 Å². The summed E-state index contributed by atoms with van der Waals surface area (Å²) in [5, 5.41) is 2.10. The molecule has 0 saturated carbocycles. The first-order valence-corrected chi connectivity index (χ1v) is 9.23. The summed E-state index contributed by atoms with van der Waals surface area (Å²) in [6.45, 7) is 2.83. The molecular formula is C20H19FN2OS. The second-order valence-corrected chi connectivity index (χ2v) is 7.39. The van der Waals surface area contributed by atoms with E-state index < -0.39 is 0 Å². The molecule has 0 bridgehead atoms. The summed E-state index contributed by atoms with van der Waals surface area (Å²) in [6.07, 6.45) is 0.915. The first-order chi connectivity index (χ1) is 12.1. The summed E-state index contributed by atoms with van der Waals surface area (Å²) in [7, 11) is 1.89. The predicted octanol–water partition coefficient (Wildman–Crippen LogP) is 4.65. The van der Waals surface area contributed by atoms with E-state index in [-0.39, 0.29) is 17.8 Å². The monoisotopic (exact) mass is 354 g/mol. The van der Waals surface area contributed by atoms with Gasteiger partial charge in [0, 0.05) is 24.2 Å². The van der Waals surface area contributed by atoms with Crippen LogP contribution in [0.25, 0.3) is 11.3 Å². The highest BCUT2D eigenvalue weighted by molar-refractivity contribution is 7.10. The molecule has 25 heavy (non-hydrogen) atoms. The van der Waals surface area contributed by atoms with Gasteiger partial charge < -0.3 is 9.47 Å². The van der Waals surface area contributed by atoms with Gasteiger partial charge in [0.15, 0.2) is 0 Å². The van der Waals surface area contributed by atoms with E-state index in [1.807, 2.05) is 28.6 Å². The van der Waals surface area contributed by atoms with E-state index in [0.29, 0.717) is 5.69 Å². The topological polar surface area (TPSA) is 25.2 Å². The van der Waals surface area contributed by atoms with E-state index in [9.17, 15) is 9.18 Å². The lowest BCUT2D eigenvalue weighted by Crippen LogP contribution is -2.39. The van der Waals surface area contributed by atoms with Crippen LogP contribution < -0.4 is 0 Å². The Hall–Kier alpha value is -2.40. The minimum atomic E-state index is -0.261. The number of benzene rings is 1. The van der Waals surface area contributed by atoms with Gasteiger partial charge >= 0.3 is 0 Å². The highest BCUT2D eigenvalue weighted by Gasteiger charge is 2.30. The fourth-order valence-corrected chi connectivity index (χ4v) is 4.53. The van der Waals surface area contributed by atoms with Crippen LogP contribution >= 0.6 is 11.3 Å². The quantitative estimate of drug-likeness (QED) is 0.657. The molecule has 4 rings (SSSR count). The molecule has 1 atom stereocenters. The van der Waals surface area contributed by atoms with Crippen molar-refractivity contribution in [3.8, 4) is 11.3 Å². The number of hydrogen-bond donors (Lipinski definition) is 0. The van der Waals surface area contributed by atoms with Gasteiger partial charge in [-0.25, -0.2) is 4.39 Å². The number of rotatable bonds is 2. The second-order valence-electron chi connectivity index (χ2n) is 6.39. The maximum atomic E-state index is 13.2. The third kappa shape index (κ3) is 2.68. The Morgan fingerprint density at radius 1 is 1.16 bits per heavy atom. The first-order valence-electron chi connectivity index (χ1n) is 8.35. The van der Waals surface area contributed by atoms with Crippen molar-refractivity contribution in [1.82, 2.24) is 9.47 Å². The molecule has 3 heterocycles. The van der Waals surface area contributed by atoms with Gasteiger partial charge in [0.05, 0.1) is 6.04 Å². The lowest BCUT2D eigenvalue weighted by Gasteiger charge is -2.33.